The molecule has 8 heteroatoms. The van der Waals surface area contributed by atoms with Crippen LogP contribution in [0.3, 0.4) is 0 Å². The number of likely N-dealkylation sites (tertiary alicyclic amines) is 1. The molecule has 0 bridgehead atoms. The highest BCUT2D eigenvalue weighted by Crippen LogP contribution is 2.46. The number of unbranched alkanes of at least 4 members (excludes halogenated alkanes) is 15. The number of phosphoric acid groups is 1. The van der Waals surface area contributed by atoms with Crippen LogP contribution in [-0.2, 0) is 23.1 Å². The maximum atomic E-state index is 12.3. The molecule has 1 rings (SSSR count). The van der Waals surface area contributed by atoms with E-state index in [-0.39, 0.29) is 18.8 Å². The van der Waals surface area contributed by atoms with Crippen molar-refractivity contribution in [2.75, 3.05) is 54.1 Å². The Kier molecular flexibility index (Phi) is 20.6. The first kappa shape index (κ1) is 35.0. The lowest BCUT2D eigenvalue weighted by Crippen LogP contribution is -2.47. The van der Waals surface area contributed by atoms with Crippen molar-refractivity contribution in [1.82, 2.24) is 0 Å². The molecular weight excluding hydrogens is 489 g/mol. The van der Waals surface area contributed by atoms with Crippen LogP contribution in [0.1, 0.15) is 122 Å². The Hall–Kier alpha value is -0.0100. The first-order valence-electron chi connectivity index (χ1n) is 15.4. The zero-order valence-electron chi connectivity index (χ0n) is 24.8. The van der Waals surface area contributed by atoms with E-state index in [0.717, 1.165) is 36.8 Å². The Morgan fingerprint density at radius 3 is 1.70 bits per heavy atom. The number of ether oxygens (including phenoxy) is 2. The largest absolute Gasteiger partial charge is 0.472 e. The first-order valence-corrected chi connectivity index (χ1v) is 16.9. The summed E-state index contributed by atoms with van der Waals surface area (Å²) in [5.41, 5.74) is 0. The molecule has 0 aromatic carbocycles. The molecule has 0 saturated carbocycles. The zero-order valence-corrected chi connectivity index (χ0v) is 25.7. The molecule has 1 aliphatic rings. The molecule has 1 aliphatic heterocycles. The van der Waals surface area contributed by atoms with Crippen molar-refractivity contribution in [2.24, 2.45) is 0 Å². The van der Waals surface area contributed by atoms with Crippen LogP contribution in [0.4, 0.5) is 0 Å². The number of methoxy groups -OCH3 is 1. The van der Waals surface area contributed by atoms with Crippen molar-refractivity contribution in [1.29, 1.82) is 0 Å². The van der Waals surface area contributed by atoms with Gasteiger partial charge in [0.1, 0.15) is 6.10 Å². The fraction of sp³-hybridized carbons (Fsp3) is 1.00. The van der Waals surface area contributed by atoms with Gasteiger partial charge >= 0.3 is 7.82 Å². The molecule has 2 unspecified atom stereocenters. The maximum Gasteiger partial charge on any atom is 0.472 e. The van der Waals surface area contributed by atoms with Gasteiger partial charge in [-0.15, -0.1) is 0 Å². The van der Waals surface area contributed by atoms with E-state index in [2.05, 4.69) is 21.0 Å². The SMILES string of the molecule is CCCCCCCCCCCCCCCCCCOCC(COP(=O)(O)OC1CC[N+](C)(C)CC1)OC. The summed E-state index contributed by atoms with van der Waals surface area (Å²) in [6.45, 7) is 5.15. The Bertz CT molecular complexity index is 567. The highest BCUT2D eigenvalue weighted by atomic mass is 31.2. The van der Waals surface area contributed by atoms with Gasteiger partial charge in [-0.25, -0.2) is 4.57 Å². The van der Waals surface area contributed by atoms with E-state index in [0.29, 0.717) is 13.2 Å². The van der Waals surface area contributed by atoms with Crippen LogP contribution >= 0.6 is 7.82 Å². The summed E-state index contributed by atoms with van der Waals surface area (Å²) >= 11 is 0. The monoisotopic (exact) mass is 550 g/mol. The minimum atomic E-state index is -4.09. The number of hydrogen-bond donors (Lipinski definition) is 1. The average Bonchev–Trinajstić information content (AvgIpc) is 2.86. The van der Waals surface area contributed by atoms with Crippen molar-refractivity contribution in [3.63, 3.8) is 0 Å². The van der Waals surface area contributed by atoms with Gasteiger partial charge in [0.05, 0.1) is 46.5 Å². The predicted molar refractivity (Wildman–Crippen MR) is 153 cm³/mol. The second kappa shape index (κ2) is 21.8. The smallest absolute Gasteiger partial charge is 0.379 e. The third kappa shape index (κ3) is 20.5. The van der Waals surface area contributed by atoms with E-state index in [4.69, 9.17) is 18.5 Å². The van der Waals surface area contributed by atoms with Gasteiger partial charge in [0, 0.05) is 26.6 Å². The molecule has 0 radical (unpaired) electrons. The molecule has 0 aromatic rings. The molecule has 1 N–H and O–H groups in total. The van der Waals surface area contributed by atoms with Crippen LogP contribution in [0, 0.1) is 0 Å². The molecule has 0 aliphatic carbocycles. The minimum Gasteiger partial charge on any atom is -0.379 e. The molecule has 0 spiro atoms. The first-order chi connectivity index (χ1) is 17.8. The van der Waals surface area contributed by atoms with E-state index in [9.17, 15) is 9.46 Å². The van der Waals surface area contributed by atoms with E-state index in [1.807, 2.05) is 0 Å². The van der Waals surface area contributed by atoms with Crippen LogP contribution in [-0.4, -0.2) is 75.7 Å². The van der Waals surface area contributed by atoms with Crippen LogP contribution in [0.2, 0.25) is 0 Å². The summed E-state index contributed by atoms with van der Waals surface area (Å²) in [5, 5.41) is 0. The molecule has 2 atom stereocenters. The van der Waals surface area contributed by atoms with Crippen LogP contribution in [0.25, 0.3) is 0 Å². The topological polar surface area (TPSA) is 74.2 Å². The van der Waals surface area contributed by atoms with Crippen LogP contribution < -0.4 is 0 Å². The summed E-state index contributed by atoms with van der Waals surface area (Å²) in [6, 6.07) is 0. The summed E-state index contributed by atoms with van der Waals surface area (Å²) in [4.78, 5) is 10.1. The lowest BCUT2D eigenvalue weighted by atomic mass is 10.0. The van der Waals surface area contributed by atoms with Gasteiger partial charge in [-0.1, -0.05) is 103 Å². The lowest BCUT2D eigenvalue weighted by molar-refractivity contribution is -0.896. The summed E-state index contributed by atoms with van der Waals surface area (Å²) in [6.07, 6.45) is 22.5. The van der Waals surface area contributed by atoms with Crippen molar-refractivity contribution < 1.29 is 32.5 Å². The molecule has 0 aromatic heterocycles. The van der Waals surface area contributed by atoms with Crippen molar-refractivity contribution in [3.05, 3.63) is 0 Å². The second-order valence-corrected chi connectivity index (χ2v) is 13.1. The number of rotatable bonds is 25. The van der Waals surface area contributed by atoms with Crippen molar-refractivity contribution in [2.45, 2.75) is 135 Å². The van der Waals surface area contributed by atoms with Gasteiger partial charge in [0.25, 0.3) is 0 Å². The second-order valence-electron chi connectivity index (χ2n) is 11.7. The number of hydrogen-bond acceptors (Lipinski definition) is 5. The van der Waals surface area contributed by atoms with Crippen LogP contribution in [0.15, 0.2) is 0 Å². The normalized spacial score (nSPS) is 18.6. The fourth-order valence-electron chi connectivity index (χ4n) is 4.90. The molecule has 7 nitrogen and oxygen atoms in total. The number of phosphoric ester groups is 1. The van der Waals surface area contributed by atoms with Gasteiger partial charge in [0.15, 0.2) is 0 Å². The molecule has 1 fully saturated rings. The molecule has 1 heterocycles. The lowest BCUT2D eigenvalue weighted by Gasteiger charge is -2.37. The molecular formula is C29H61NO6P+. The van der Waals surface area contributed by atoms with Crippen molar-refractivity contribution in [3.8, 4) is 0 Å². The molecule has 1 saturated heterocycles. The van der Waals surface area contributed by atoms with Crippen molar-refractivity contribution >= 4 is 7.82 Å². The summed E-state index contributed by atoms with van der Waals surface area (Å²) in [5.74, 6) is 0. The Labute approximate surface area is 229 Å². The number of piperidine rings is 1. The van der Waals surface area contributed by atoms with E-state index < -0.39 is 7.82 Å². The third-order valence-electron chi connectivity index (χ3n) is 7.60. The number of quaternary nitrogens is 1. The van der Waals surface area contributed by atoms with E-state index >= 15 is 0 Å². The Morgan fingerprint density at radius 1 is 0.784 bits per heavy atom. The van der Waals surface area contributed by atoms with Gasteiger partial charge < -0.3 is 18.9 Å². The van der Waals surface area contributed by atoms with Crippen LogP contribution in [0.5, 0.6) is 0 Å². The van der Waals surface area contributed by atoms with Gasteiger partial charge in [-0.05, 0) is 6.42 Å². The Balaban J connectivity index is 1.91. The predicted octanol–water partition coefficient (Wildman–Crippen LogP) is 7.65. The molecule has 37 heavy (non-hydrogen) atoms. The summed E-state index contributed by atoms with van der Waals surface area (Å²) < 4.78 is 34.9. The quantitative estimate of drug-likeness (QED) is 0.0715. The Morgan fingerprint density at radius 2 is 1.24 bits per heavy atom. The van der Waals surface area contributed by atoms with Gasteiger partial charge in [-0.3, -0.25) is 9.05 Å². The van der Waals surface area contributed by atoms with E-state index in [1.54, 1.807) is 7.11 Å². The summed E-state index contributed by atoms with van der Waals surface area (Å²) in [7, 11) is 1.80. The standard InChI is InChI=1S/C29H60NO6P/c1-5-6-7-8-9-10-11-12-13-14-15-16-17-18-19-20-25-34-26-29(33-4)27-35-37(31,32)36-28-21-23-30(2,3)24-22-28/h28-29H,5-27H2,1-4H3/p+1. The average molecular weight is 551 g/mol. The highest BCUT2D eigenvalue weighted by molar-refractivity contribution is 7.47. The van der Waals surface area contributed by atoms with Gasteiger partial charge in [0.2, 0.25) is 0 Å². The maximum absolute atomic E-state index is 12.3. The van der Waals surface area contributed by atoms with E-state index in [1.165, 1.54) is 96.3 Å². The zero-order chi connectivity index (χ0) is 27.2. The van der Waals surface area contributed by atoms with Gasteiger partial charge in [-0.2, -0.15) is 0 Å². The highest BCUT2D eigenvalue weighted by Gasteiger charge is 2.33. The third-order valence-corrected chi connectivity index (χ3v) is 8.64. The number of nitrogens with zero attached hydrogens (tertiary/aromatic N) is 1. The molecule has 222 valence electrons. The minimum absolute atomic E-state index is 0.0164. The molecule has 0 amide bonds. The fourth-order valence-corrected chi connectivity index (χ4v) is 5.90.